The number of esters is 1. The van der Waals surface area contributed by atoms with Gasteiger partial charge >= 0.3 is 5.97 Å². The van der Waals surface area contributed by atoms with Crippen LogP contribution in [0.15, 0.2) is 29.2 Å². The van der Waals surface area contributed by atoms with E-state index in [0.717, 1.165) is 0 Å². The Kier molecular flexibility index (Phi) is 5.86. The molecule has 2 rings (SSSR count). The lowest BCUT2D eigenvalue weighted by molar-refractivity contribution is -0.141. The van der Waals surface area contributed by atoms with Crippen molar-refractivity contribution in [3.8, 4) is 0 Å². The second-order valence-corrected chi connectivity index (χ2v) is 6.88. The van der Waals surface area contributed by atoms with Crippen LogP contribution in [-0.4, -0.2) is 57.4 Å². The number of nitrogens with zero attached hydrogens (tertiary/aromatic N) is 1. The smallest absolute Gasteiger partial charge is 0.313 e. The minimum atomic E-state index is -3.59. The second-order valence-electron chi connectivity index (χ2n) is 4.95. The highest BCUT2D eigenvalue weighted by Crippen LogP contribution is 2.18. The third-order valence-corrected chi connectivity index (χ3v) is 5.31. The van der Waals surface area contributed by atoms with Gasteiger partial charge in [-0.25, -0.2) is 8.42 Å². The summed E-state index contributed by atoms with van der Waals surface area (Å²) in [6.07, 6.45) is -0.358. The van der Waals surface area contributed by atoms with E-state index in [0.29, 0.717) is 26.3 Å². The topological polar surface area (TPSA) is 90.0 Å². The molecule has 8 heteroatoms. The Bertz CT molecular complexity index is 662. The fourth-order valence-electron chi connectivity index (χ4n) is 2.19. The van der Waals surface area contributed by atoms with Gasteiger partial charge in [0.15, 0.2) is 5.78 Å². The zero-order chi connectivity index (χ0) is 16.9. The quantitative estimate of drug-likeness (QED) is 0.433. The number of hydrogen-bond donors (Lipinski definition) is 0. The van der Waals surface area contributed by atoms with Crippen LogP contribution in [0.2, 0.25) is 0 Å². The average molecular weight is 341 g/mol. The summed E-state index contributed by atoms with van der Waals surface area (Å²) in [5, 5.41) is 0. The summed E-state index contributed by atoms with van der Waals surface area (Å²) < 4.78 is 36.1. The van der Waals surface area contributed by atoms with E-state index in [4.69, 9.17) is 9.47 Å². The molecule has 1 saturated heterocycles. The van der Waals surface area contributed by atoms with Crippen molar-refractivity contribution < 1.29 is 27.5 Å². The number of Topliss-reactive ketones (excluding diaryl/α,β-unsaturated/α-hetero) is 1. The van der Waals surface area contributed by atoms with Crippen LogP contribution in [-0.2, 0) is 24.3 Å². The van der Waals surface area contributed by atoms with Crippen molar-refractivity contribution in [3.05, 3.63) is 29.8 Å². The molecule has 0 unspecified atom stereocenters. The van der Waals surface area contributed by atoms with Crippen molar-refractivity contribution in [3.63, 3.8) is 0 Å². The maximum Gasteiger partial charge on any atom is 0.313 e. The lowest BCUT2D eigenvalue weighted by Crippen LogP contribution is -2.40. The molecule has 126 valence electrons. The van der Waals surface area contributed by atoms with Crippen LogP contribution >= 0.6 is 0 Å². The van der Waals surface area contributed by atoms with Gasteiger partial charge in [0.1, 0.15) is 6.42 Å². The molecule has 0 atom stereocenters. The van der Waals surface area contributed by atoms with Gasteiger partial charge in [-0.05, 0) is 19.1 Å². The van der Waals surface area contributed by atoms with Gasteiger partial charge < -0.3 is 9.47 Å². The van der Waals surface area contributed by atoms with Crippen molar-refractivity contribution in [1.82, 2.24) is 4.31 Å². The van der Waals surface area contributed by atoms with E-state index in [1.54, 1.807) is 6.92 Å². The number of morpholine rings is 1. The summed E-state index contributed by atoms with van der Waals surface area (Å²) in [5.41, 5.74) is 0.277. The van der Waals surface area contributed by atoms with E-state index >= 15 is 0 Å². The summed E-state index contributed by atoms with van der Waals surface area (Å²) in [6.45, 7) is 3.24. The number of ketones is 1. The van der Waals surface area contributed by atoms with Gasteiger partial charge in [-0.1, -0.05) is 12.1 Å². The Labute approximate surface area is 135 Å². The molecule has 0 amide bonds. The number of ether oxygens (including phenoxy) is 2. The fourth-order valence-corrected chi connectivity index (χ4v) is 3.60. The molecule has 23 heavy (non-hydrogen) atoms. The van der Waals surface area contributed by atoms with Crippen LogP contribution < -0.4 is 0 Å². The number of sulfonamides is 1. The van der Waals surface area contributed by atoms with Gasteiger partial charge in [0.2, 0.25) is 10.0 Å². The first-order valence-corrected chi connectivity index (χ1v) is 8.76. The largest absolute Gasteiger partial charge is 0.466 e. The number of carbonyl (C=O) groups excluding carboxylic acids is 2. The first-order chi connectivity index (χ1) is 10.9. The lowest BCUT2D eigenvalue weighted by atomic mass is 10.1. The Morgan fingerprint density at radius 3 is 2.35 bits per heavy atom. The number of rotatable bonds is 6. The predicted octanol–water partition coefficient (Wildman–Crippen LogP) is 0.843. The first kappa shape index (κ1) is 17.6. The van der Waals surface area contributed by atoms with Crippen molar-refractivity contribution in [2.45, 2.75) is 18.2 Å². The summed E-state index contributed by atoms with van der Waals surface area (Å²) in [4.78, 5) is 23.3. The van der Waals surface area contributed by atoms with Crippen LogP contribution in [0.3, 0.4) is 0 Å². The Balaban J connectivity index is 2.09. The molecular weight excluding hydrogens is 322 g/mol. The van der Waals surface area contributed by atoms with Gasteiger partial charge in [0.05, 0.1) is 24.7 Å². The van der Waals surface area contributed by atoms with Crippen molar-refractivity contribution in [2.75, 3.05) is 32.9 Å². The second kappa shape index (κ2) is 7.67. The summed E-state index contributed by atoms with van der Waals surface area (Å²) in [7, 11) is -3.59. The molecule has 0 N–H and O–H groups in total. The molecule has 1 aromatic rings. The zero-order valence-electron chi connectivity index (χ0n) is 12.9. The highest BCUT2D eigenvalue weighted by atomic mass is 32.2. The van der Waals surface area contributed by atoms with E-state index in [1.165, 1.54) is 28.6 Å². The molecule has 0 bridgehead atoms. The fraction of sp³-hybridized carbons (Fsp3) is 0.467. The third-order valence-electron chi connectivity index (χ3n) is 3.39. The monoisotopic (exact) mass is 341 g/mol. The maximum absolute atomic E-state index is 12.4. The van der Waals surface area contributed by atoms with Crippen molar-refractivity contribution in [2.24, 2.45) is 0 Å². The normalized spacial score (nSPS) is 16.0. The molecule has 0 radical (unpaired) electrons. The Hall–Kier alpha value is -1.77. The average Bonchev–Trinajstić information content (AvgIpc) is 2.56. The molecule has 0 aromatic heterocycles. The predicted molar refractivity (Wildman–Crippen MR) is 81.6 cm³/mol. The van der Waals surface area contributed by atoms with Gasteiger partial charge in [-0.3, -0.25) is 9.59 Å². The van der Waals surface area contributed by atoms with Gasteiger partial charge in [-0.15, -0.1) is 0 Å². The molecule has 0 spiro atoms. The van der Waals surface area contributed by atoms with E-state index in [9.17, 15) is 18.0 Å². The lowest BCUT2D eigenvalue weighted by Gasteiger charge is -2.26. The van der Waals surface area contributed by atoms with Gasteiger partial charge in [0, 0.05) is 18.7 Å². The summed E-state index contributed by atoms with van der Waals surface area (Å²) in [6, 6.07) is 5.58. The number of benzene rings is 1. The SMILES string of the molecule is CCOC(=O)CC(=O)c1ccc(S(=O)(=O)N2CCOCC2)cc1. The van der Waals surface area contributed by atoms with Crippen molar-refractivity contribution >= 4 is 21.8 Å². The van der Waals surface area contributed by atoms with E-state index in [1.807, 2.05) is 0 Å². The number of hydrogen-bond acceptors (Lipinski definition) is 6. The van der Waals surface area contributed by atoms with Gasteiger partial charge in [-0.2, -0.15) is 4.31 Å². The maximum atomic E-state index is 12.4. The molecule has 1 aromatic carbocycles. The number of carbonyl (C=O) groups is 2. The molecular formula is C15H19NO6S. The Morgan fingerprint density at radius 1 is 1.17 bits per heavy atom. The van der Waals surface area contributed by atoms with Crippen LogP contribution in [0.4, 0.5) is 0 Å². The van der Waals surface area contributed by atoms with E-state index < -0.39 is 21.8 Å². The van der Waals surface area contributed by atoms with Crippen molar-refractivity contribution in [1.29, 1.82) is 0 Å². The highest BCUT2D eigenvalue weighted by molar-refractivity contribution is 7.89. The molecule has 0 aliphatic carbocycles. The Morgan fingerprint density at radius 2 is 1.78 bits per heavy atom. The minimum absolute atomic E-state index is 0.118. The molecule has 1 aliphatic rings. The van der Waals surface area contributed by atoms with E-state index in [2.05, 4.69) is 0 Å². The van der Waals surface area contributed by atoms with Crippen LogP contribution in [0.5, 0.6) is 0 Å². The van der Waals surface area contributed by atoms with Crippen LogP contribution in [0.25, 0.3) is 0 Å². The van der Waals surface area contributed by atoms with E-state index in [-0.39, 0.29) is 23.5 Å². The molecule has 1 aliphatic heterocycles. The third kappa shape index (κ3) is 4.37. The molecule has 1 fully saturated rings. The minimum Gasteiger partial charge on any atom is -0.466 e. The zero-order valence-corrected chi connectivity index (χ0v) is 13.7. The van der Waals surface area contributed by atoms with Crippen LogP contribution in [0.1, 0.15) is 23.7 Å². The summed E-state index contributed by atoms with van der Waals surface area (Å²) >= 11 is 0. The first-order valence-electron chi connectivity index (χ1n) is 7.32. The van der Waals surface area contributed by atoms with Gasteiger partial charge in [0.25, 0.3) is 0 Å². The van der Waals surface area contributed by atoms with Crippen LogP contribution in [0, 0.1) is 0 Å². The summed E-state index contributed by atoms with van der Waals surface area (Å²) in [5.74, 6) is -0.999. The standard InChI is InChI=1S/C15H19NO6S/c1-2-22-15(18)11-14(17)12-3-5-13(6-4-12)23(19,20)16-7-9-21-10-8-16/h3-6H,2,7-11H2,1H3. The molecule has 7 nitrogen and oxygen atoms in total. The highest BCUT2D eigenvalue weighted by Gasteiger charge is 2.26. The molecule has 0 saturated carbocycles. The molecule has 1 heterocycles.